The van der Waals surface area contributed by atoms with Gasteiger partial charge in [0, 0.05) is 22.7 Å². The van der Waals surface area contributed by atoms with Crippen LogP contribution in [0, 0.1) is 0 Å². The van der Waals surface area contributed by atoms with E-state index in [4.69, 9.17) is 27.9 Å². The van der Waals surface area contributed by atoms with Crippen LogP contribution in [0.5, 0.6) is 0 Å². The summed E-state index contributed by atoms with van der Waals surface area (Å²) in [6.45, 7) is 1.99. The minimum Gasteiger partial charge on any atom is -0.462 e. The van der Waals surface area contributed by atoms with Crippen molar-refractivity contribution in [2.75, 3.05) is 6.61 Å². The molecule has 2 rings (SSSR count). The number of carbonyl (C=O) groups is 2. The minimum atomic E-state index is -0.482. The highest BCUT2D eigenvalue weighted by atomic mass is 35.5. The molecule has 0 aliphatic rings. The number of carbonyl (C=O) groups excluding carboxylic acids is 2. The van der Waals surface area contributed by atoms with Crippen molar-refractivity contribution < 1.29 is 14.3 Å². The van der Waals surface area contributed by atoms with Crippen LogP contribution in [0.25, 0.3) is 0 Å². The molecule has 0 N–H and O–H groups in total. The van der Waals surface area contributed by atoms with Crippen LogP contribution in [-0.4, -0.2) is 23.3 Å². The average molecular weight is 338 g/mol. The standard InChI is InChI=1S/C16H13Cl2NO3/c1-2-22-16(21)11-3-4-19-14(8-11)15(20)7-10-5-12(17)9-13(18)6-10/h3-6,8-9H,2,7H2,1H3. The summed E-state index contributed by atoms with van der Waals surface area (Å²) in [4.78, 5) is 27.9. The number of pyridine rings is 1. The zero-order valence-corrected chi connectivity index (χ0v) is 13.3. The molecule has 0 unspecified atom stereocenters. The van der Waals surface area contributed by atoms with Crippen molar-refractivity contribution in [3.63, 3.8) is 0 Å². The van der Waals surface area contributed by atoms with Crippen molar-refractivity contribution in [3.8, 4) is 0 Å². The highest BCUT2D eigenvalue weighted by Gasteiger charge is 2.13. The number of halogens is 2. The Labute approximate surface area is 138 Å². The number of ketones is 1. The van der Waals surface area contributed by atoms with E-state index >= 15 is 0 Å². The first-order valence-corrected chi connectivity index (χ1v) is 7.36. The number of esters is 1. The predicted octanol–water partition coefficient (Wildman–Crippen LogP) is 3.99. The van der Waals surface area contributed by atoms with Gasteiger partial charge in [-0.3, -0.25) is 9.78 Å². The Morgan fingerprint density at radius 3 is 2.45 bits per heavy atom. The molecule has 0 radical (unpaired) electrons. The maximum atomic E-state index is 12.3. The second kappa shape index (κ2) is 7.38. The number of ether oxygens (including phenoxy) is 1. The Balaban J connectivity index is 2.19. The quantitative estimate of drug-likeness (QED) is 0.611. The van der Waals surface area contributed by atoms with Gasteiger partial charge in [0.05, 0.1) is 12.2 Å². The fourth-order valence-electron chi connectivity index (χ4n) is 1.91. The van der Waals surface area contributed by atoms with Gasteiger partial charge in [0.1, 0.15) is 5.69 Å². The lowest BCUT2D eigenvalue weighted by Gasteiger charge is -2.05. The number of benzene rings is 1. The van der Waals surface area contributed by atoms with Crippen LogP contribution in [0.3, 0.4) is 0 Å². The summed E-state index contributed by atoms with van der Waals surface area (Å²) in [5.41, 5.74) is 1.18. The fourth-order valence-corrected chi connectivity index (χ4v) is 2.48. The first kappa shape index (κ1) is 16.5. The van der Waals surface area contributed by atoms with Gasteiger partial charge in [-0.25, -0.2) is 4.79 Å². The van der Waals surface area contributed by atoms with Crippen molar-refractivity contribution in [2.45, 2.75) is 13.3 Å². The number of aromatic nitrogens is 1. The molecule has 114 valence electrons. The van der Waals surface area contributed by atoms with E-state index in [1.165, 1.54) is 18.3 Å². The molecule has 4 nitrogen and oxygen atoms in total. The summed E-state index contributed by atoms with van der Waals surface area (Å²) in [6, 6.07) is 7.86. The normalized spacial score (nSPS) is 10.3. The van der Waals surface area contributed by atoms with E-state index in [2.05, 4.69) is 4.98 Å². The topological polar surface area (TPSA) is 56.3 Å². The molecule has 0 spiro atoms. The molecule has 0 amide bonds. The summed E-state index contributed by atoms with van der Waals surface area (Å²) >= 11 is 11.8. The summed E-state index contributed by atoms with van der Waals surface area (Å²) in [5, 5.41) is 0.923. The van der Waals surface area contributed by atoms with Crippen molar-refractivity contribution >= 4 is 35.0 Å². The van der Waals surface area contributed by atoms with Gasteiger partial charge in [-0.15, -0.1) is 0 Å². The van der Waals surface area contributed by atoms with E-state index in [1.807, 2.05) is 0 Å². The molecule has 22 heavy (non-hydrogen) atoms. The highest BCUT2D eigenvalue weighted by Crippen LogP contribution is 2.20. The maximum absolute atomic E-state index is 12.3. The molecular weight excluding hydrogens is 325 g/mol. The Kier molecular flexibility index (Phi) is 5.52. The molecule has 0 aliphatic heterocycles. The van der Waals surface area contributed by atoms with Gasteiger partial charge in [-0.2, -0.15) is 0 Å². The van der Waals surface area contributed by atoms with Gasteiger partial charge >= 0.3 is 5.97 Å². The van der Waals surface area contributed by atoms with E-state index in [0.717, 1.165) is 0 Å². The number of hydrogen-bond donors (Lipinski definition) is 0. The molecule has 1 heterocycles. The fraction of sp³-hybridized carbons (Fsp3) is 0.188. The third-order valence-electron chi connectivity index (χ3n) is 2.84. The minimum absolute atomic E-state index is 0.0968. The molecule has 2 aromatic rings. The molecule has 0 bridgehead atoms. The molecule has 1 aromatic heterocycles. The molecule has 1 aromatic carbocycles. The predicted molar refractivity (Wildman–Crippen MR) is 84.7 cm³/mol. The number of Topliss-reactive ketones (excluding diaryl/α,β-unsaturated/α-hetero) is 1. The van der Waals surface area contributed by atoms with E-state index < -0.39 is 5.97 Å². The second-order valence-corrected chi connectivity index (χ2v) is 5.40. The Bertz CT molecular complexity index is 696. The molecule has 0 saturated heterocycles. The average Bonchev–Trinajstić information content (AvgIpc) is 2.46. The molecular formula is C16H13Cl2NO3. The van der Waals surface area contributed by atoms with Gasteiger partial charge in [-0.05, 0) is 42.8 Å². The molecule has 0 atom stereocenters. The highest BCUT2D eigenvalue weighted by molar-refractivity contribution is 6.34. The maximum Gasteiger partial charge on any atom is 0.338 e. The van der Waals surface area contributed by atoms with E-state index in [1.54, 1.807) is 25.1 Å². The van der Waals surface area contributed by atoms with Crippen molar-refractivity contribution in [1.82, 2.24) is 4.98 Å². The van der Waals surface area contributed by atoms with Gasteiger partial charge in [0.25, 0.3) is 0 Å². The van der Waals surface area contributed by atoms with Crippen molar-refractivity contribution in [2.24, 2.45) is 0 Å². The van der Waals surface area contributed by atoms with Gasteiger partial charge in [0.2, 0.25) is 0 Å². The summed E-state index contributed by atoms with van der Waals surface area (Å²) in [7, 11) is 0. The number of nitrogens with zero attached hydrogens (tertiary/aromatic N) is 1. The largest absolute Gasteiger partial charge is 0.462 e. The smallest absolute Gasteiger partial charge is 0.338 e. The molecule has 0 aliphatic carbocycles. The zero-order chi connectivity index (χ0) is 16.1. The number of hydrogen-bond acceptors (Lipinski definition) is 4. The Morgan fingerprint density at radius 2 is 1.82 bits per heavy atom. The van der Waals surface area contributed by atoms with E-state index in [9.17, 15) is 9.59 Å². The van der Waals surface area contributed by atoms with E-state index in [-0.39, 0.29) is 24.5 Å². The van der Waals surface area contributed by atoms with E-state index in [0.29, 0.717) is 21.2 Å². The van der Waals surface area contributed by atoms with Crippen LogP contribution in [0.2, 0.25) is 10.0 Å². The lowest BCUT2D eigenvalue weighted by Crippen LogP contribution is -2.10. The van der Waals surface area contributed by atoms with Crippen LogP contribution >= 0.6 is 23.2 Å². The van der Waals surface area contributed by atoms with Gasteiger partial charge in [0.15, 0.2) is 5.78 Å². The molecule has 0 fully saturated rings. The third-order valence-corrected chi connectivity index (χ3v) is 3.28. The Hall–Kier alpha value is -1.91. The lowest BCUT2D eigenvalue weighted by atomic mass is 10.1. The van der Waals surface area contributed by atoms with Crippen LogP contribution < -0.4 is 0 Å². The zero-order valence-electron chi connectivity index (χ0n) is 11.8. The Morgan fingerprint density at radius 1 is 1.14 bits per heavy atom. The summed E-state index contributed by atoms with van der Waals surface area (Å²) < 4.78 is 4.90. The summed E-state index contributed by atoms with van der Waals surface area (Å²) in [6.07, 6.45) is 1.50. The monoisotopic (exact) mass is 337 g/mol. The first-order chi connectivity index (χ1) is 10.5. The summed E-state index contributed by atoms with van der Waals surface area (Å²) in [5.74, 6) is -0.714. The second-order valence-electron chi connectivity index (χ2n) is 4.53. The number of rotatable bonds is 5. The molecule has 6 heteroatoms. The van der Waals surface area contributed by atoms with Crippen LogP contribution in [0.15, 0.2) is 36.5 Å². The first-order valence-electron chi connectivity index (χ1n) is 6.61. The van der Waals surface area contributed by atoms with Crippen molar-refractivity contribution in [1.29, 1.82) is 0 Å². The van der Waals surface area contributed by atoms with Crippen molar-refractivity contribution in [3.05, 3.63) is 63.4 Å². The van der Waals surface area contributed by atoms with Gasteiger partial charge in [-0.1, -0.05) is 23.2 Å². The van der Waals surface area contributed by atoms with Crippen LogP contribution in [0.4, 0.5) is 0 Å². The molecule has 0 saturated carbocycles. The lowest BCUT2D eigenvalue weighted by molar-refractivity contribution is 0.0526. The third kappa shape index (κ3) is 4.29. The van der Waals surface area contributed by atoms with Crippen LogP contribution in [-0.2, 0) is 11.2 Å². The van der Waals surface area contributed by atoms with Gasteiger partial charge < -0.3 is 4.74 Å². The van der Waals surface area contributed by atoms with Crippen LogP contribution in [0.1, 0.15) is 33.3 Å². The SMILES string of the molecule is CCOC(=O)c1ccnc(C(=O)Cc2cc(Cl)cc(Cl)c2)c1.